The minimum Gasteiger partial charge on any atom is -0.351 e. The Labute approximate surface area is 106 Å². The van der Waals surface area contributed by atoms with Gasteiger partial charge in [-0.3, -0.25) is 10.2 Å². The maximum atomic E-state index is 11.9. The Morgan fingerprint density at radius 1 is 1.12 bits per heavy atom. The predicted molar refractivity (Wildman–Crippen MR) is 71.5 cm³/mol. The highest BCUT2D eigenvalue weighted by Gasteiger charge is 2.17. The van der Waals surface area contributed by atoms with Gasteiger partial charge in [-0.15, -0.1) is 0 Å². The van der Waals surface area contributed by atoms with E-state index in [1.54, 1.807) is 12.1 Å². The minimum absolute atomic E-state index is 0.0406. The second-order valence-corrected chi connectivity index (χ2v) is 5.07. The molecule has 0 radical (unpaired) electrons. The summed E-state index contributed by atoms with van der Waals surface area (Å²) in [6.45, 7) is 1.82. The number of benzene rings is 1. The molecule has 0 atom stereocenters. The molecule has 0 spiro atoms. The fraction of sp³-hybridized carbons (Fsp3) is 0.385. The lowest BCUT2D eigenvalue weighted by atomic mass is 10.1. The Morgan fingerprint density at radius 2 is 1.76 bits per heavy atom. The second-order valence-electron chi connectivity index (χ2n) is 4.11. The van der Waals surface area contributed by atoms with Crippen molar-refractivity contribution >= 4 is 22.0 Å². The summed E-state index contributed by atoms with van der Waals surface area (Å²) in [6, 6.07) is 9.16. The van der Waals surface area contributed by atoms with Crippen LogP contribution >= 0.6 is 11.8 Å². The van der Waals surface area contributed by atoms with Gasteiger partial charge in [0.2, 0.25) is 5.12 Å². The molecule has 1 aromatic rings. The summed E-state index contributed by atoms with van der Waals surface area (Å²) in [5.41, 5.74) is 0.666. The van der Waals surface area contributed by atoms with Gasteiger partial charge in [-0.2, -0.15) is 0 Å². The van der Waals surface area contributed by atoms with Crippen molar-refractivity contribution in [3.8, 4) is 0 Å². The largest absolute Gasteiger partial charge is 0.351 e. The number of rotatable bonds is 1. The average Bonchev–Trinajstić information content (AvgIpc) is 2.40. The maximum absolute atomic E-state index is 11.9. The van der Waals surface area contributed by atoms with Gasteiger partial charge in [-0.05, 0) is 31.0 Å². The lowest BCUT2D eigenvalue weighted by Crippen LogP contribution is -2.33. The van der Waals surface area contributed by atoms with Gasteiger partial charge in [-0.25, -0.2) is 0 Å². The van der Waals surface area contributed by atoms with E-state index < -0.39 is 0 Å². The molecule has 0 unspecified atom stereocenters. The molecule has 1 aliphatic heterocycles. The van der Waals surface area contributed by atoms with E-state index in [0.29, 0.717) is 10.7 Å². The van der Waals surface area contributed by atoms with Gasteiger partial charge in [0.05, 0.1) is 0 Å². The van der Waals surface area contributed by atoms with Crippen LogP contribution in [0.2, 0.25) is 0 Å². The zero-order valence-corrected chi connectivity index (χ0v) is 10.5. The molecule has 0 saturated carbocycles. The highest BCUT2D eigenvalue weighted by Crippen LogP contribution is 2.18. The Hall–Kier alpha value is -1.29. The zero-order chi connectivity index (χ0) is 12.1. The number of hydrogen-bond donors (Lipinski definition) is 1. The molecule has 1 N–H and O–H groups in total. The van der Waals surface area contributed by atoms with Crippen LogP contribution in [-0.2, 0) is 0 Å². The quantitative estimate of drug-likeness (QED) is 0.614. The van der Waals surface area contributed by atoms with Crippen LogP contribution in [0.5, 0.6) is 0 Å². The van der Waals surface area contributed by atoms with Crippen molar-refractivity contribution in [1.29, 1.82) is 5.41 Å². The van der Waals surface area contributed by atoms with Crippen LogP contribution < -0.4 is 0 Å². The first-order chi connectivity index (χ1) is 8.27. The van der Waals surface area contributed by atoms with Gasteiger partial charge in [0, 0.05) is 18.7 Å². The number of likely N-dealkylation sites (tertiary alicyclic amines) is 1. The van der Waals surface area contributed by atoms with Gasteiger partial charge in [0.25, 0.3) is 0 Å². The summed E-state index contributed by atoms with van der Waals surface area (Å²) >= 11 is 1.03. The van der Waals surface area contributed by atoms with Crippen molar-refractivity contribution in [2.24, 2.45) is 0 Å². The molecule has 0 aromatic heterocycles. The Balaban J connectivity index is 1.92. The van der Waals surface area contributed by atoms with E-state index in [1.807, 2.05) is 23.1 Å². The molecule has 90 valence electrons. The van der Waals surface area contributed by atoms with Gasteiger partial charge in [0.1, 0.15) is 0 Å². The molecule has 0 aliphatic carbocycles. The van der Waals surface area contributed by atoms with Crippen molar-refractivity contribution in [1.82, 2.24) is 4.90 Å². The number of amidine groups is 1. The fourth-order valence-electron chi connectivity index (χ4n) is 1.88. The summed E-state index contributed by atoms with van der Waals surface area (Å²) in [6.07, 6.45) is 3.49. The summed E-state index contributed by atoms with van der Waals surface area (Å²) in [5, 5.41) is 8.28. The van der Waals surface area contributed by atoms with Crippen LogP contribution in [0, 0.1) is 5.41 Å². The van der Waals surface area contributed by atoms with E-state index in [4.69, 9.17) is 5.41 Å². The average molecular weight is 248 g/mol. The van der Waals surface area contributed by atoms with Gasteiger partial charge in [-0.1, -0.05) is 30.3 Å². The smallest absolute Gasteiger partial charge is 0.226 e. The normalized spacial score (nSPS) is 15.6. The summed E-state index contributed by atoms with van der Waals surface area (Å²) in [5.74, 6) is 0. The van der Waals surface area contributed by atoms with E-state index in [-0.39, 0.29) is 5.12 Å². The van der Waals surface area contributed by atoms with Crippen molar-refractivity contribution in [3.63, 3.8) is 0 Å². The van der Waals surface area contributed by atoms with Gasteiger partial charge in [0.15, 0.2) is 5.17 Å². The van der Waals surface area contributed by atoms with Gasteiger partial charge < -0.3 is 4.90 Å². The lowest BCUT2D eigenvalue weighted by molar-refractivity contribution is 0.109. The minimum atomic E-state index is -0.0406. The topological polar surface area (TPSA) is 44.2 Å². The molecule has 17 heavy (non-hydrogen) atoms. The monoisotopic (exact) mass is 248 g/mol. The van der Waals surface area contributed by atoms with E-state index in [9.17, 15) is 4.79 Å². The molecule has 0 bridgehead atoms. The molecule has 0 amide bonds. The number of thioether (sulfide) groups is 1. The third kappa shape index (κ3) is 3.33. The molecule has 1 aromatic carbocycles. The number of nitrogens with zero attached hydrogens (tertiary/aromatic N) is 1. The summed E-state index contributed by atoms with van der Waals surface area (Å²) in [4.78, 5) is 13.9. The lowest BCUT2D eigenvalue weighted by Gasteiger charge is -2.27. The molecule has 1 saturated heterocycles. The highest BCUT2D eigenvalue weighted by molar-refractivity contribution is 8.26. The zero-order valence-electron chi connectivity index (χ0n) is 9.69. The van der Waals surface area contributed by atoms with Crippen LogP contribution in [0.4, 0.5) is 0 Å². The standard InChI is InChI=1S/C13H16N2OS/c14-13(15-9-5-2-6-10-15)17-12(16)11-7-3-1-4-8-11/h1,3-4,7-8,14H,2,5-6,9-10H2. The van der Waals surface area contributed by atoms with Gasteiger partial charge >= 0.3 is 0 Å². The van der Waals surface area contributed by atoms with Crippen LogP contribution in [0.15, 0.2) is 30.3 Å². The van der Waals surface area contributed by atoms with Crippen molar-refractivity contribution in [2.75, 3.05) is 13.1 Å². The molecule has 4 heteroatoms. The number of nitrogens with one attached hydrogen (secondary N) is 1. The molecule has 1 aliphatic rings. The van der Waals surface area contributed by atoms with E-state index >= 15 is 0 Å². The summed E-state index contributed by atoms with van der Waals surface area (Å²) < 4.78 is 0. The Kier molecular flexibility index (Phi) is 4.20. The van der Waals surface area contributed by atoms with Crippen LogP contribution in [0.3, 0.4) is 0 Å². The van der Waals surface area contributed by atoms with Crippen LogP contribution in [0.1, 0.15) is 29.6 Å². The first-order valence-corrected chi connectivity index (χ1v) is 6.70. The van der Waals surface area contributed by atoms with E-state index in [0.717, 1.165) is 37.7 Å². The SMILES string of the molecule is N=C(SC(=O)c1ccccc1)N1CCCCC1. The maximum Gasteiger partial charge on any atom is 0.226 e. The van der Waals surface area contributed by atoms with Crippen LogP contribution in [-0.4, -0.2) is 28.3 Å². The third-order valence-electron chi connectivity index (χ3n) is 2.84. The first-order valence-electron chi connectivity index (χ1n) is 5.88. The van der Waals surface area contributed by atoms with Crippen molar-refractivity contribution in [3.05, 3.63) is 35.9 Å². The predicted octanol–water partition coefficient (Wildman–Crippen LogP) is 2.98. The van der Waals surface area contributed by atoms with Crippen LogP contribution in [0.25, 0.3) is 0 Å². The molecule has 1 heterocycles. The Bertz CT molecular complexity index is 399. The molecule has 2 rings (SSSR count). The van der Waals surface area contributed by atoms with Crippen molar-refractivity contribution in [2.45, 2.75) is 19.3 Å². The number of carbonyl (C=O) groups excluding carboxylic acids is 1. The molecule has 3 nitrogen and oxygen atoms in total. The molecule has 1 fully saturated rings. The van der Waals surface area contributed by atoms with E-state index in [2.05, 4.69) is 0 Å². The fourth-order valence-corrected chi connectivity index (χ4v) is 2.62. The molecular formula is C13H16N2OS. The van der Waals surface area contributed by atoms with E-state index in [1.165, 1.54) is 6.42 Å². The molecular weight excluding hydrogens is 232 g/mol. The first kappa shape index (κ1) is 12.2. The third-order valence-corrected chi connectivity index (χ3v) is 3.71. The number of carbonyl (C=O) groups is 1. The second kappa shape index (κ2) is 5.87. The number of piperidine rings is 1. The highest BCUT2D eigenvalue weighted by atomic mass is 32.2. The Morgan fingerprint density at radius 3 is 2.41 bits per heavy atom. The summed E-state index contributed by atoms with van der Waals surface area (Å²) in [7, 11) is 0. The van der Waals surface area contributed by atoms with Crippen molar-refractivity contribution < 1.29 is 4.79 Å². The number of hydrogen-bond acceptors (Lipinski definition) is 3.